The Balaban J connectivity index is 1.32. The van der Waals surface area contributed by atoms with E-state index in [1.165, 1.54) is 0 Å². The summed E-state index contributed by atoms with van der Waals surface area (Å²) < 4.78 is 52.6. The first-order valence-corrected chi connectivity index (χ1v) is 21.9. The first kappa shape index (κ1) is 35.4. The van der Waals surface area contributed by atoms with Gasteiger partial charge < -0.3 is 5.11 Å². The van der Waals surface area contributed by atoms with E-state index in [4.69, 9.17) is 18.2 Å². The summed E-state index contributed by atoms with van der Waals surface area (Å²) in [7, 11) is 0. The molecule has 0 spiro atoms. The van der Waals surface area contributed by atoms with Crippen molar-refractivity contribution >= 4 is 11.0 Å². The van der Waals surface area contributed by atoms with Crippen LogP contribution < -0.4 is 0 Å². The molecule has 0 saturated heterocycles. The molecule has 0 radical (unpaired) electrons. The number of phenols is 1. The Kier molecular flexibility index (Phi) is 9.00. The zero-order valence-electron chi connectivity index (χ0n) is 43.8. The quantitative estimate of drug-likeness (QED) is 0.174. The van der Waals surface area contributed by atoms with Crippen molar-refractivity contribution in [2.45, 2.75) is 79.9 Å². The highest BCUT2D eigenvalue weighted by molar-refractivity contribution is 5.98. The number of aryl methyl sites for hydroxylation is 4. The van der Waals surface area contributed by atoms with Crippen LogP contribution >= 0.6 is 0 Å². The van der Waals surface area contributed by atoms with Crippen LogP contribution in [0.2, 0.25) is 0 Å². The number of pyridine rings is 1. The van der Waals surface area contributed by atoms with Crippen LogP contribution in [0, 0.1) is 27.6 Å². The van der Waals surface area contributed by atoms with Gasteiger partial charge in [0.25, 0.3) is 0 Å². The zero-order valence-corrected chi connectivity index (χ0v) is 37.8. The molecular weight excluding hydrogens is 779 g/mol. The van der Waals surface area contributed by atoms with Crippen molar-refractivity contribution in [2.75, 3.05) is 0 Å². The van der Waals surface area contributed by atoms with E-state index in [9.17, 15) is 5.11 Å². The van der Waals surface area contributed by atoms with Crippen LogP contribution in [0.15, 0.2) is 158 Å². The number of hydrogen-bond donors (Lipinski definition) is 1. The summed E-state index contributed by atoms with van der Waals surface area (Å²) in [5.74, 6) is 0.557. The molecule has 0 atom stereocenters. The van der Waals surface area contributed by atoms with Gasteiger partial charge in [0.2, 0.25) is 0 Å². The van der Waals surface area contributed by atoms with E-state index in [1.54, 1.807) is 24.4 Å². The molecule has 0 bridgehead atoms. The van der Waals surface area contributed by atoms with E-state index in [-0.39, 0.29) is 27.7 Å². The van der Waals surface area contributed by atoms with Crippen LogP contribution in [0.3, 0.4) is 0 Å². The number of fused-ring (bicyclic) bond motifs is 1. The third-order valence-corrected chi connectivity index (χ3v) is 12.3. The molecule has 0 saturated carbocycles. The fourth-order valence-corrected chi connectivity index (χ4v) is 8.69. The Morgan fingerprint density at radius 1 is 0.500 bits per heavy atom. The first-order valence-electron chi connectivity index (χ1n) is 24.9. The lowest BCUT2D eigenvalue weighted by molar-refractivity contribution is 0.472. The number of nitrogens with zero attached hydrogens (tertiary/aromatic N) is 3. The van der Waals surface area contributed by atoms with Crippen LogP contribution in [-0.2, 0) is 10.8 Å². The van der Waals surface area contributed by atoms with Crippen LogP contribution in [0.1, 0.15) is 83.1 Å². The predicted molar refractivity (Wildman–Crippen MR) is 269 cm³/mol. The van der Waals surface area contributed by atoms with Gasteiger partial charge in [-0.15, -0.1) is 0 Å². The third-order valence-electron chi connectivity index (χ3n) is 12.3. The van der Waals surface area contributed by atoms with Crippen molar-refractivity contribution < 1.29 is 13.3 Å². The Morgan fingerprint density at radius 2 is 1.20 bits per heavy atom. The molecule has 7 aromatic carbocycles. The maximum absolute atomic E-state index is 12.0. The topological polar surface area (TPSA) is 50.9 Å². The second kappa shape index (κ2) is 16.3. The summed E-state index contributed by atoms with van der Waals surface area (Å²) in [6.45, 7) is 12.2. The molecule has 0 fully saturated rings. The van der Waals surface area contributed by atoms with Crippen molar-refractivity contribution in [3.05, 3.63) is 191 Å². The molecule has 64 heavy (non-hydrogen) atoms. The predicted octanol–water partition coefficient (Wildman–Crippen LogP) is 16.0. The van der Waals surface area contributed by atoms with Gasteiger partial charge in [-0.2, -0.15) is 0 Å². The molecule has 9 aromatic rings. The summed E-state index contributed by atoms with van der Waals surface area (Å²) in [5, 5.41) is 12.0. The lowest BCUT2D eigenvalue weighted by Gasteiger charge is -2.22. The minimum absolute atomic E-state index is 0.0850. The van der Waals surface area contributed by atoms with Gasteiger partial charge in [-0.3, -0.25) is 9.55 Å². The maximum Gasteiger partial charge on any atom is 0.149 e. The van der Waals surface area contributed by atoms with Gasteiger partial charge >= 0.3 is 0 Å². The molecule has 318 valence electrons. The summed E-state index contributed by atoms with van der Waals surface area (Å²) in [6, 6.07) is 49.4. The second-order valence-corrected chi connectivity index (χ2v) is 19.1. The molecule has 0 unspecified atom stereocenters. The first-order chi connectivity index (χ1) is 33.0. The van der Waals surface area contributed by atoms with E-state index in [1.807, 2.05) is 115 Å². The number of aromatic nitrogens is 3. The van der Waals surface area contributed by atoms with E-state index < -0.39 is 13.7 Å². The van der Waals surface area contributed by atoms with Crippen molar-refractivity contribution in [1.29, 1.82) is 0 Å². The lowest BCUT2D eigenvalue weighted by atomic mass is 9.83. The molecule has 9 rings (SSSR count). The van der Waals surface area contributed by atoms with E-state index in [0.29, 0.717) is 33.7 Å². The average molecular weight is 842 g/mol. The molecule has 0 aliphatic heterocycles. The van der Waals surface area contributed by atoms with Gasteiger partial charge in [-0.05, 0) is 148 Å². The van der Waals surface area contributed by atoms with Gasteiger partial charge in [0.05, 0.1) is 28.0 Å². The number of aromatic hydroxyl groups is 1. The van der Waals surface area contributed by atoms with Gasteiger partial charge in [0.1, 0.15) is 11.6 Å². The Labute approximate surface area is 387 Å². The van der Waals surface area contributed by atoms with Crippen LogP contribution in [0.25, 0.3) is 83.9 Å². The van der Waals surface area contributed by atoms with Gasteiger partial charge in [0.15, 0.2) is 0 Å². The molecule has 2 aromatic heterocycles. The number of benzene rings is 7. The molecule has 0 amide bonds. The highest BCUT2D eigenvalue weighted by Crippen LogP contribution is 2.44. The van der Waals surface area contributed by atoms with Crippen molar-refractivity contribution in [2.24, 2.45) is 0 Å². The average Bonchev–Trinajstić information content (AvgIpc) is 3.71. The van der Waals surface area contributed by atoms with E-state index >= 15 is 0 Å². The van der Waals surface area contributed by atoms with Gasteiger partial charge in [0, 0.05) is 31.1 Å². The van der Waals surface area contributed by atoms with Crippen LogP contribution in [0.5, 0.6) is 5.75 Å². The largest absolute Gasteiger partial charge is 0.507 e. The Bertz CT molecular complexity index is 3430. The zero-order chi connectivity index (χ0) is 50.1. The molecule has 1 N–H and O–H groups in total. The van der Waals surface area contributed by atoms with E-state index in [0.717, 1.165) is 72.4 Å². The van der Waals surface area contributed by atoms with Crippen molar-refractivity contribution in [3.8, 4) is 78.6 Å². The molecule has 0 aliphatic carbocycles. The van der Waals surface area contributed by atoms with E-state index in [2.05, 4.69) is 77.9 Å². The number of rotatable bonds is 7. The fraction of sp³-hybridized carbons (Fsp3) is 0.200. The fourth-order valence-electron chi connectivity index (χ4n) is 8.69. The van der Waals surface area contributed by atoms with Crippen molar-refractivity contribution in [3.63, 3.8) is 0 Å². The molecular formula is C60H57N3O. The summed E-state index contributed by atoms with van der Waals surface area (Å²) in [4.78, 5) is 10.4. The van der Waals surface area contributed by atoms with Crippen LogP contribution in [0.4, 0.5) is 0 Å². The molecule has 0 aliphatic rings. The minimum Gasteiger partial charge on any atom is -0.507 e. The third kappa shape index (κ3) is 8.05. The highest BCUT2D eigenvalue weighted by Gasteiger charge is 2.25. The molecule has 4 heteroatoms. The van der Waals surface area contributed by atoms with Gasteiger partial charge in [-0.25, -0.2) is 4.98 Å². The normalized spacial score (nSPS) is 13.8. The Morgan fingerprint density at radius 3 is 1.91 bits per heavy atom. The second-order valence-electron chi connectivity index (χ2n) is 19.1. The number of hydrogen-bond acceptors (Lipinski definition) is 3. The summed E-state index contributed by atoms with van der Waals surface area (Å²) in [6.07, 6.45) is 1.78. The minimum atomic E-state index is -2.50. The number of para-hydroxylation sites is 1. The number of imidazole rings is 1. The monoisotopic (exact) mass is 841 g/mol. The van der Waals surface area contributed by atoms with Gasteiger partial charge in [-0.1, -0.05) is 150 Å². The lowest BCUT2D eigenvalue weighted by Crippen LogP contribution is -2.11. The summed E-state index contributed by atoms with van der Waals surface area (Å²) >= 11 is 0. The highest BCUT2D eigenvalue weighted by atomic mass is 16.3. The Hall–Kier alpha value is -7.04. The SMILES string of the molecule is [2H]C([2H])([2H])c1ccc(-c2ccnc(-c3cc(-c4cccc5c4nc(-c4cc(C)cc(C)c4O)n5-c4cc(C([2H])([2H])[2H])c(-c5ccc(C(C)(C)C)cc5)cc4-c4ccccc4)cc(C(C)(C)C)c3)c2)cc1. The van der Waals surface area contributed by atoms with Crippen molar-refractivity contribution in [1.82, 2.24) is 14.5 Å². The number of phenolic OH excluding ortho intramolecular Hbond substituents is 1. The summed E-state index contributed by atoms with van der Waals surface area (Å²) in [5.41, 5.74) is 14.8. The standard InChI is InChI=1S/C60H57N3O/c1-37-19-21-41(22-20-37)44-27-28-61-53(35-44)46-32-45(33-48(34-46)60(8,9)10)49-17-14-18-54-56(49)62-58(52-30-38(2)29-40(4)57(52)64)63(54)55-31-39(3)50(36-51(55)42-15-12-11-13-16-42)43-23-25-47(26-24-43)59(5,6)7/h11-36,64H,1-10H3/i1D3,3D3. The smallest absolute Gasteiger partial charge is 0.149 e. The molecule has 4 nitrogen and oxygen atoms in total. The van der Waals surface area contributed by atoms with Crippen LogP contribution in [-0.4, -0.2) is 19.6 Å². The maximum atomic E-state index is 12.0. The molecule has 2 heterocycles.